The van der Waals surface area contributed by atoms with Crippen LogP contribution in [0.15, 0.2) is 86.6 Å². The van der Waals surface area contributed by atoms with E-state index in [2.05, 4.69) is 31.2 Å². The number of benzene rings is 3. The van der Waals surface area contributed by atoms with E-state index < -0.39 is 0 Å². The number of hydrogen-bond donors (Lipinski definition) is 0. The highest BCUT2D eigenvalue weighted by molar-refractivity contribution is 9.10. The molecule has 2 heterocycles. The van der Waals surface area contributed by atoms with E-state index in [1.807, 2.05) is 73.7 Å². The maximum Gasteiger partial charge on any atom is 0.279 e. The second-order valence-corrected chi connectivity index (χ2v) is 7.80. The van der Waals surface area contributed by atoms with Crippen LogP contribution in [0.4, 0.5) is 0 Å². The normalized spacial score (nSPS) is 11.1. The van der Waals surface area contributed by atoms with Crippen LogP contribution in [0.25, 0.3) is 39.4 Å². The van der Waals surface area contributed by atoms with Crippen LogP contribution in [-0.2, 0) is 0 Å². The topological polar surface area (TPSA) is 73.8 Å². The average molecular weight is 459 g/mol. The van der Waals surface area contributed by atoms with Crippen molar-refractivity contribution in [2.45, 2.75) is 6.92 Å². The van der Waals surface area contributed by atoms with E-state index in [4.69, 9.17) is 4.52 Å². The predicted octanol–water partition coefficient (Wildman–Crippen LogP) is 5.17. The van der Waals surface area contributed by atoms with Crippen molar-refractivity contribution in [1.29, 1.82) is 0 Å². The Morgan fingerprint density at radius 3 is 2.53 bits per heavy atom. The Kier molecular flexibility index (Phi) is 4.52. The molecule has 0 atom stereocenters. The molecular weight excluding hydrogens is 444 g/mol. The van der Waals surface area contributed by atoms with E-state index in [-0.39, 0.29) is 11.4 Å². The van der Waals surface area contributed by atoms with Crippen LogP contribution < -0.4 is 5.56 Å². The zero-order valence-electron chi connectivity index (χ0n) is 15.9. The molecule has 0 saturated heterocycles. The van der Waals surface area contributed by atoms with E-state index in [0.717, 1.165) is 15.6 Å². The van der Waals surface area contributed by atoms with Gasteiger partial charge in [-0.15, -0.1) is 0 Å². The summed E-state index contributed by atoms with van der Waals surface area (Å²) >= 11 is 3.45. The van der Waals surface area contributed by atoms with E-state index in [9.17, 15) is 4.79 Å². The van der Waals surface area contributed by atoms with Crippen molar-refractivity contribution >= 4 is 26.7 Å². The smallest absolute Gasteiger partial charge is 0.279 e. The second kappa shape index (κ2) is 7.35. The molecule has 7 heteroatoms. The highest BCUT2D eigenvalue weighted by Crippen LogP contribution is 2.27. The first kappa shape index (κ1) is 18.4. The zero-order valence-corrected chi connectivity index (χ0v) is 17.5. The van der Waals surface area contributed by atoms with Gasteiger partial charge in [-0.3, -0.25) is 4.79 Å². The lowest BCUT2D eigenvalue weighted by molar-refractivity contribution is 0.430. The third-order valence-corrected chi connectivity index (χ3v) is 5.26. The minimum atomic E-state index is -0.217. The van der Waals surface area contributed by atoms with Gasteiger partial charge in [0.25, 0.3) is 11.4 Å². The van der Waals surface area contributed by atoms with Crippen LogP contribution in [0, 0.1) is 6.92 Å². The molecule has 3 aromatic carbocycles. The minimum absolute atomic E-state index is 0.217. The van der Waals surface area contributed by atoms with E-state index in [1.165, 1.54) is 4.68 Å². The van der Waals surface area contributed by atoms with Gasteiger partial charge in [-0.2, -0.15) is 14.8 Å². The molecule has 0 aliphatic carbocycles. The summed E-state index contributed by atoms with van der Waals surface area (Å²) < 4.78 is 7.77. The van der Waals surface area contributed by atoms with Crippen molar-refractivity contribution < 1.29 is 4.52 Å². The van der Waals surface area contributed by atoms with Gasteiger partial charge in [-0.25, -0.2) is 0 Å². The maximum atomic E-state index is 13.1. The predicted molar refractivity (Wildman–Crippen MR) is 119 cm³/mol. The summed E-state index contributed by atoms with van der Waals surface area (Å²) in [5.41, 5.74) is 2.84. The highest BCUT2D eigenvalue weighted by atomic mass is 79.9. The Balaban J connectivity index is 1.74. The van der Waals surface area contributed by atoms with Gasteiger partial charge in [0.15, 0.2) is 5.69 Å². The summed E-state index contributed by atoms with van der Waals surface area (Å²) in [5, 5.41) is 9.91. The van der Waals surface area contributed by atoms with Gasteiger partial charge in [0.1, 0.15) is 0 Å². The summed E-state index contributed by atoms with van der Waals surface area (Å²) in [7, 11) is 0. The van der Waals surface area contributed by atoms with Crippen molar-refractivity contribution in [2.75, 3.05) is 0 Å². The van der Waals surface area contributed by atoms with E-state index in [1.54, 1.807) is 6.07 Å². The lowest BCUT2D eigenvalue weighted by atomic mass is 10.1. The molecule has 30 heavy (non-hydrogen) atoms. The van der Waals surface area contributed by atoms with Crippen LogP contribution in [0.5, 0.6) is 0 Å². The molecule has 0 saturated carbocycles. The number of hydrogen-bond acceptors (Lipinski definition) is 5. The molecule has 6 nitrogen and oxygen atoms in total. The van der Waals surface area contributed by atoms with Gasteiger partial charge >= 0.3 is 0 Å². The van der Waals surface area contributed by atoms with Gasteiger partial charge < -0.3 is 4.52 Å². The zero-order chi connectivity index (χ0) is 20.7. The molecule has 5 rings (SSSR count). The summed E-state index contributed by atoms with van der Waals surface area (Å²) in [6, 6.07) is 22.6. The number of aromatic nitrogens is 4. The number of aryl methyl sites for hydroxylation is 1. The molecule has 0 aliphatic heterocycles. The third kappa shape index (κ3) is 3.23. The van der Waals surface area contributed by atoms with Crippen molar-refractivity contribution in [2.24, 2.45) is 0 Å². The van der Waals surface area contributed by atoms with Gasteiger partial charge in [-0.1, -0.05) is 69.1 Å². The molecule has 0 amide bonds. The fourth-order valence-corrected chi connectivity index (χ4v) is 3.74. The Hall–Kier alpha value is -3.58. The largest absolute Gasteiger partial charge is 0.332 e. The van der Waals surface area contributed by atoms with Crippen LogP contribution >= 0.6 is 15.9 Å². The SMILES string of the molecule is Cc1cccc(-c2noc(-c3nn(-c4cccc(Br)c4)c(=O)c4ccccc34)n2)c1. The van der Waals surface area contributed by atoms with Gasteiger partial charge in [0.2, 0.25) is 5.82 Å². The highest BCUT2D eigenvalue weighted by Gasteiger charge is 2.19. The van der Waals surface area contributed by atoms with Crippen molar-refractivity contribution in [3.63, 3.8) is 0 Å². The fourth-order valence-electron chi connectivity index (χ4n) is 3.35. The second-order valence-electron chi connectivity index (χ2n) is 6.88. The van der Waals surface area contributed by atoms with E-state index in [0.29, 0.717) is 28.0 Å². The molecule has 0 radical (unpaired) electrons. The minimum Gasteiger partial charge on any atom is -0.332 e. The summed E-state index contributed by atoms with van der Waals surface area (Å²) in [5.74, 6) is 0.728. The fraction of sp³-hybridized carbons (Fsp3) is 0.0435. The molecule has 5 aromatic rings. The molecule has 0 aliphatic rings. The van der Waals surface area contributed by atoms with Gasteiger partial charge in [0, 0.05) is 15.4 Å². The van der Waals surface area contributed by atoms with Crippen molar-refractivity contribution in [3.8, 4) is 28.7 Å². The summed E-state index contributed by atoms with van der Waals surface area (Å²) in [4.78, 5) is 17.7. The molecule has 0 bridgehead atoms. The number of nitrogens with zero attached hydrogens (tertiary/aromatic N) is 4. The van der Waals surface area contributed by atoms with Crippen LogP contribution in [0.3, 0.4) is 0 Å². The van der Waals surface area contributed by atoms with Gasteiger partial charge in [0.05, 0.1) is 11.1 Å². The standard InChI is InChI=1S/C23H15BrN4O2/c1-14-6-4-7-15(12-14)21-25-22(30-27-21)20-18-10-2-3-11-19(18)23(29)28(26-20)17-9-5-8-16(24)13-17/h2-13H,1H3. The first-order valence-corrected chi connectivity index (χ1v) is 10.1. The van der Waals surface area contributed by atoms with Crippen LogP contribution in [0.1, 0.15) is 5.56 Å². The van der Waals surface area contributed by atoms with E-state index >= 15 is 0 Å². The molecule has 0 fully saturated rings. The lowest BCUT2D eigenvalue weighted by Gasteiger charge is -2.09. The van der Waals surface area contributed by atoms with Gasteiger partial charge in [-0.05, 0) is 37.3 Å². The Bertz CT molecular complexity index is 1460. The Labute approximate surface area is 179 Å². The maximum absolute atomic E-state index is 13.1. The first-order chi connectivity index (χ1) is 14.6. The molecule has 0 N–H and O–H groups in total. The number of halogens is 1. The van der Waals surface area contributed by atoms with Crippen LogP contribution in [-0.4, -0.2) is 19.9 Å². The summed E-state index contributed by atoms with van der Waals surface area (Å²) in [6.45, 7) is 2.01. The third-order valence-electron chi connectivity index (χ3n) is 4.76. The van der Waals surface area contributed by atoms with Crippen molar-refractivity contribution in [1.82, 2.24) is 19.9 Å². The molecule has 2 aromatic heterocycles. The first-order valence-electron chi connectivity index (χ1n) is 9.29. The lowest BCUT2D eigenvalue weighted by Crippen LogP contribution is -2.22. The van der Waals surface area contributed by atoms with Crippen LogP contribution in [0.2, 0.25) is 0 Å². The molecule has 0 spiro atoms. The monoisotopic (exact) mass is 458 g/mol. The molecular formula is C23H15BrN4O2. The Morgan fingerprint density at radius 2 is 1.73 bits per heavy atom. The number of fused-ring (bicyclic) bond motifs is 1. The average Bonchev–Trinajstić information content (AvgIpc) is 3.24. The van der Waals surface area contributed by atoms with Crippen molar-refractivity contribution in [3.05, 3.63) is 93.2 Å². The Morgan fingerprint density at radius 1 is 0.933 bits per heavy atom. The quantitative estimate of drug-likeness (QED) is 0.372. The molecule has 0 unspecified atom stereocenters. The summed E-state index contributed by atoms with van der Waals surface area (Å²) in [6.07, 6.45) is 0. The molecule has 146 valence electrons. The number of rotatable bonds is 3.